The van der Waals surface area contributed by atoms with Gasteiger partial charge < -0.3 is 4.57 Å². The normalized spacial score (nSPS) is 13.5. The first-order chi connectivity index (χ1) is 23.1. The third-order valence-electron chi connectivity index (χ3n) is 9.97. The first kappa shape index (κ1) is 26.6. The Morgan fingerprint density at radius 2 is 1.28 bits per heavy atom. The molecule has 222 valence electrons. The topological polar surface area (TPSA) is 30.7 Å². The van der Waals surface area contributed by atoms with Crippen molar-refractivity contribution < 1.29 is 0 Å². The van der Waals surface area contributed by atoms with E-state index in [4.69, 9.17) is 9.97 Å². The fourth-order valence-corrected chi connectivity index (χ4v) is 9.07. The quantitative estimate of drug-likeness (QED) is 0.197. The van der Waals surface area contributed by atoms with Crippen LogP contribution in [0.15, 0.2) is 140 Å². The average molecular weight is 620 g/mol. The van der Waals surface area contributed by atoms with Gasteiger partial charge in [0.25, 0.3) is 0 Å². The molecule has 0 N–H and O–H groups in total. The minimum Gasteiger partial charge on any atom is -0.307 e. The second-order valence-electron chi connectivity index (χ2n) is 13.0. The number of nitrogens with zero attached hydrogens (tertiary/aromatic N) is 3. The second kappa shape index (κ2) is 9.71. The maximum Gasteiger partial charge on any atom is 0.160 e. The third-order valence-corrected chi connectivity index (χ3v) is 11.2. The molecule has 0 spiro atoms. The zero-order valence-electron chi connectivity index (χ0n) is 26.0. The van der Waals surface area contributed by atoms with Gasteiger partial charge in [-0.2, -0.15) is 0 Å². The van der Waals surface area contributed by atoms with Crippen LogP contribution in [0.5, 0.6) is 0 Å². The van der Waals surface area contributed by atoms with E-state index >= 15 is 0 Å². The van der Waals surface area contributed by atoms with Crippen LogP contribution in [0.3, 0.4) is 0 Å². The molecule has 10 rings (SSSR count). The molecule has 0 amide bonds. The summed E-state index contributed by atoms with van der Waals surface area (Å²) in [5.74, 6) is 0.753. The first-order valence-corrected chi connectivity index (χ1v) is 16.9. The Hall–Kier alpha value is -5.58. The molecule has 0 unspecified atom stereocenters. The smallest absolute Gasteiger partial charge is 0.160 e. The van der Waals surface area contributed by atoms with Crippen molar-refractivity contribution in [3.8, 4) is 39.5 Å². The highest BCUT2D eigenvalue weighted by Crippen LogP contribution is 2.52. The summed E-state index contributed by atoms with van der Waals surface area (Å²) in [4.78, 5) is 10.7. The summed E-state index contributed by atoms with van der Waals surface area (Å²) in [7, 11) is 0. The first-order valence-electron chi connectivity index (χ1n) is 16.1. The van der Waals surface area contributed by atoms with Gasteiger partial charge in [-0.15, -0.1) is 11.3 Å². The number of para-hydroxylation sites is 2. The van der Waals surface area contributed by atoms with Crippen molar-refractivity contribution in [2.45, 2.75) is 19.3 Å². The standard InChI is InChI=1S/C43H29N3S/c1-43(2)33-21-11-20-32-39(33)46(40-30-18-7-9-24-36(30)47-41(32)40)35-23-12-19-31(37(35)43)42-44-34-22-8-6-17-29(34)38(45-42)28-16-10-15-27(25-28)26-13-4-3-5-14-26/h3-25H,1-2H3. The fraction of sp³-hybridized carbons (Fsp3) is 0.0698. The zero-order chi connectivity index (χ0) is 31.3. The molecule has 0 saturated heterocycles. The van der Waals surface area contributed by atoms with Crippen molar-refractivity contribution in [1.29, 1.82) is 0 Å². The number of hydrogen-bond donors (Lipinski definition) is 0. The van der Waals surface area contributed by atoms with E-state index in [-0.39, 0.29) is 5.41 Å². The number of fused-ring (bicyclic) bond motifs is 8. The molecule has 47 heavy (non-hydrogen) atoms. The lowest BCUT2D eigenvalue weighted by Crippen LogP contribution is -2.27. The molecule has 4 heteroatoms. The molecule has 0 atom stereocenters. The SMILES string of the molecule is CC1(C)c2c(-c3nc(-c4cccc(-c5ccccc5)c4)c4ccccc4n3)cccc2-n2c3c1cccc3c1sc3ccccc3c12. The van der Waals surface area contributed by atoms with Crippen molar-refractivity contribution in [1.82, 2.24) is 14.5 Å². The minimum absolute atomic E-state index is 0.278. The third kappa shape index (κ3) is 3.73. The number of aromatic nitrogens is 3. The van der Waals surface area contributed by atoms with E-state index in [9.17, 15) is 0 Å². The Balaban J connectivity index is 1.26. The summed E-state index contributed by atoms with van der Waals surface area (Å²) in [6.07, 6.45) is 0. The van der Waals surface area contributed by atoms with Crippen molar-refractivity contribution in [2.75, 3.05) is 0 Å². The van der Waals surface area contributed by atoms with Crippen LogP contribution in [0.25, 0.3) is 81.6 Å². The summed E-state index contributed by atoms with van der Waals surface area (Å²) < 4.78 is 5.18. The summed E-state index contributed by atoms with van der Waals surface area (Å²) in [5, 5.41) is 3.67. The molecule has 0 radical (unpaired) electrons. The van der Waals surface area contributed by atoms with E-state index in [0.29, 0.717) is 0 Å². The maximum absolute atomic E-state index is 5.43. The Morgan fingerprint density at radius 1 is 0.574 bits per heavy atom. The van der Waals surface area contributed by atoms with E-state index in [2.05, 4.69) is 158 Å². The van der Waals surface area contributed by atoms with Crippen LogP contribution in [0.4, 0.5) is 0 Å². The van der Waals surface area contributed by atoms with E-state index in [1.54, 1.807) is 0 Å². The summed E-state index contributed by atoms with van der Waals surface area (Å²) in [5.41, 5.74) is 12.5. The molecular formula is C43H29N3S. The molecule has 1 aliphatic rings. The Bertz CT molecular complexity index is 2710. The van der Waals surface area contributed by atoms with Gasteiger partial charge in [-0.05, 0) is 46.5 Å². The number of benzene rings is 6. The Kier molecular flexibility index (Phi) is 5.50. The molecule has 1 aliphatic heterocycles. The molecular weight excluding hydrogens is 591 g/mol. The maximum atomic E-state index is 5.43. The van der Waals surface area contributed by atoms with E-state index in [1.807, 2.05) is 11.3 Å². The van der Waals surface area contributed by atoms with Crippen LogP contribution in [0.1, 0.15) is 25.0 Å². The molecule has 0 aliphatic carbocycles. The Morgan fingerprint density at radius 3 is 2.17 bits per heavy atom. The van der Waals surface area contributed by atoms with Crippen molar-refractivity contribution in [3.63, 3.8) is 0 Å². The van der Waals surface area contributed by atoms with E-state index < -0.39 is 0 Å². The fourth-order valence-electron chi connectivity index (χ4n) is 7.86. The van der Waals surface area contributed by atoms with Crippen LogP contribution in [0.2, 0.25) is 0 Å². The zero-order valence-corrected chi connectivity index (χ0v) is 26.8. The predicted molar refractivity (Wildman–Crippen MR) is 198 cm³/mol. The van der Waals surface area contributed by atoms with Gasteiger partial charge in [0.05, 0.1) is 32.6 Å². The summed E-state index contributed by atoms with van der Waals surface area (Å²) in [6.45, 7) is 4.72. The van der Waals surface area contributed by atoms with E-state index in [0.717, 1.165) is 33.5 Å². The lowest BCUT2D eigenvalue weighted by molar-refractivity contribution is 0.631. The van der Waals surface area contributed by atoms with Crippen LogP contribution in [0, 0.1) is 0 Å². The molecule has 9 aromatic rings. The largest absolute Gasteiger partial charge is 0.307 e. The van der Waals surface area contributed by atoms with Gasteiger partial charge in [0.2, 0.25) is 0 Å². The number of rotatable bonds is 3. The average Bonchev–Trinajstić information content (AvgIpc) is 3.66. The van der Waals surface area contributed by atoms with Gasteiger partial charge >= 0.3 is 0 Å². The van der Waals surface area contributed by atoms with Gasteiger partial charge in [0.1, 0.15) is 0 Å². The van der Waals surface area contributed by atoms with Gasteiger partial charge in [-0.1, -0.05) is 129 Å². The molecule has 0 bridgehead atoms. The second-order valence-corrected chi connectivity index (χ2v) is 14.0. The van der Waals surface area contributed by atoms with Crippen molar-refractivity contribution >= 4 is 53.4 Å². The summed E-state index contributed by atoms with van der Waals surface area (Å²) >= 11 is 1.89. The monoisotopic (exact) mass is 619 g/mol. The predicted octanol–water partition coefficient (Wildman–Crippen LogP) is 11.6. The molecule has 0 saturated carbocycles. The van der Waals surface area contributed by atoms with Gasteiger partial charge in [0.15, 0.2) is 5.82 Å². The lowest BCUT2D eigenvalue weighted by Gasteiger charge is -2.36. The minimum atomic E-state index is -0.278. The summed E-state index contributed by atoms with van der Waals surface area (Å²) in [6, 6.07) is 50.0. The van der Waals surface area contributed by atoms with Crippen LogP contribution in [-0.2, 0) is 5.41 Å². The molecule has 3 aromatic heterocycles. The van der Waals surface area contributed by atoms with Crippen LogP contribution < -0.4 is 0 Å². The Labute approximate surface area is 276 Å². The molecule has 4 heterocycles. The van der Waals surface area contributed by atoms with E-state index in [1.165, 1.54) is 59.1 Å². The van der Waals surface area contributed by atoms with Gasteiger partial charge in [-0.25, -0.2) is 9.97 Å². The van der Waals surface area contributed by atoms with Crippen molar-refractivity contribution in [3.05, 3.63) is 151 Å². The highest BCUT2D eigenvalue weighted by Gasteiger charge is 2.38. The highest BCUT2D eigenvalue weighted by molar-refractivity contribution is 7.26. The number of hydrogen-bond acceptors (Lipinski definition) is 3. The number of thiophene rings is 1. The molecule has 6 aromatic carbocycles. The lowest BCUT2D eigenvalue weighted by atomic mass is 9.72. The highest BCUT2D eigenvalue weighted by atomic mass is 32.1. The van der Waals surface area contributed by atoms with Crippen LogP contribution in [-0.4, -0.2) is 14.5 Å². The molecule has 3 nitrogen and oxygen atoms in total. The molecule has 0 fully saturated rings. The van der Waals surface area contributed by atoms with Crippen molar-refractivity contribution in [2.24, 2.45) is 0 Å². The van der Waals surface area contributed by atoms with Crippen LogP contribution >= 0.6 is 11.3 Å². The van der Waals surface area contributed by atoms with Gasteiger partial charge in [0, 0.05) is 37.4 Å². The van der Waals surface area contributed by atoms with Gasteiger partial charge in [-0.3, -0.25) is 0 Å².